The van der Waals surface area contributed by atoms with E-state index in [0.29, 0.717) is 6.54 Å². The van der Waals surface area contributed by atoms with E-state index < -0.39 is 27.9 Å². The Hall–Kier alpha value is -1.55. The molecule has 9 heteroatoms. The van der Waals surface area contributed by atoms with Crippen LogP contribution >= 0.6 is 0 Å². The number of halogens is 1. The molecule has 1 fully saturated rings. The van der Waals surface area contributed by atoms with Gasteiger partial charge in [-0.1, -0.05) is 0 Å². The average Bonchev–Trinajstić information content (AvgIpc) is 2.51. The Labute approximate surface area is 147 Å². The Morgan fingerprint density at radius 1 is 1.40 bits per heavy atom. The van der Waals surface area contributed by atoms with Crippen molar-refractivity contribution in [2.75, 3.05) is 39.8 Å². The molecule has 1 saturated heterocycles. The molecule has 7 nitrogen and oxygen atoms in total. The van der Waals surface area contributed by atoms with E-state index in [1.54, 1.807) is 11.9 Å². The topological polar surface area (TPSA) is 87.2 Å². The Balaban J connectivity index is 2.15. The smallest absolute Gasteiger partial charge is 0.317 e. The molecule has 2 rings (SSSR count). The molecule has 0 saturated carbocycles. The van der Waals surface area contributed by atoms with Crippen molar-refractivity contribution in [3.05, 3.63) is 29.1 Å². The van der Waals surface area contributed by atoms with Gasteiger partial charge >= 0.3 is 5.97 Å². The first-order valence-electron chi connectivity index (χ1n) is 7.90. The first-order chi connectivity index (χ1) is 11.6. The molecule has 1 aliphatic rings. The third-order valence-electron chi connectivity index (χ3n) is 4.07. The van der Waals surface area contributed by atoms with Crippen LogP contribution in [0.5, 0.6) is 0 Å². The maximum absolute atomic E-state index is 13.8. The highest BCUT2D eigenvalue weighted by Crippen LogP contribution is 2.23. The van der Waals surface area contributed by atoms with Crippen LogP contribution in [-0.4, -0.2) is 74.6 Å². The van der Waals surface area contributed by atoms with Crippen LogP contribution in [0.25, 0.3) is 0 Å². The normalized spacial score (nSPS) is 19.3. The minimum absolute atomic E-state index is 0.0587. The highest BCUT2D eigenvalue weighted by molar-refractivity contribution is 7.89. The third kappa shape index (κ3) is 4.75. The number of sulfonamides is 1. The van der Waals surface area contributed by atoms with E-state index in [1.807, 2.05) is 0 Å². The fourth-order valence-corrected chi connectivity index (χ4v) is 4.50. The monoisotopic (exact) mass is 374 g/mol. The zero-order chi connectivity index (χ0) is 18.8. The second kappa shape index (κ2) is 7.77. The average molecular weight is 374 g/mol. The minimum atomic E-state index is -3.76. The first-order valence-corrected chi connectivity index (χ1v) is 9.34. The summed E-state index contributed by atoms with van der Waals surface area (Å²) < 4.78 is 46.3. The van der Waals surface area contributed by atoms with Gasteiger partial charge in [-0.25, -0.2) is 12.8 Å². The van der Waals surface area contributed by atoms with Crippen LogP contribution in [0.3, 0.4) is 0 Å². The lowest BCUT2D eigenvalue weighted by atomic mass is 10.1. The number of carbonyl (C=O) groups is 1. The molecule has 1 atom stereocenters. The molecule has 1 aromatic rings. The second-order valence-corrected chi connectivity index (χ2v) is 8.26. The molecule has 1 heterocycles. The summed E-state index contributed by atoms with van der Waals surface area (Å²) in [5, 5.41) is 8.80. The molecular weight excluding hydrogens is 351 g/mol. The molecule has 0 spiro atoms. The van der Waals surface area contributed by atoms with Crippen molar-refractivity contribution in [1.29, 1.82) is 0 Å². The van der Waals surface area contributed by atoms with Gasteiger partial charge in [0, 0.05) is 19.6 Å². The van der Waals surface area contributed by atoms with Gasteiger partial charge in [0.15, 0.2) is 0 Å². The summed E-state index contributed by atoms with van der Waals surface area (Å²) in [6.07, 6.45) is -0.421. The van der Waals surface area contributed by atoms with Gasteiger partial charge in [-0.05, 0) is 44.2 Å². The van der Waals surface area contributed by atoms with Crippen LogP contribution in [0.1, 0.15) is 11.1 Å². The van der Waals surface area contributed by atoms with Crippen molar-refractivity contribution in [2.45, 2.75) is 24.8 Å². The van der Waals surface area contributed by atoms with Gasteiger partial charge in [0.25, 0.3) is 0 Å². The second-order valence-electron chi connectivity index (χ2n) is 6.32. The van der Waals surface area contributed by atoms with Crippen LogP contribution in [0.4, 0.5) is 4.39 Å². The van der Waals surface area contributed by atoms with E-state index >= 15 is 0 Å². The van der Waals surface area contributed by atoms with Gasteiger partial charge in [0.05, 0.1) is 24.2 Å². The zero-order valence-corrected chi connectivity index (χ0v) is 15.3. The van der Waals surface area contributed by atoms with Crippen molar-refractivity contribution < 1.29 is 27.4 Å². The van der Waals surface area contributed by atoms with Crippen molar-refractivity contribution in [3.63, 3.8) is 0 Å². The largest absolute Gasteiger partial charge is 0.480 e. The van der Waals surface area contributed by atoms with E-state index in [-0.39, 0.29) is 42.3 Å². The Morgan fingerprint density at radius 2 is 2.00 bits per heavy atom. The molecule has 0 radical (unpaired) electrons. The highest BCUT2D eigenvalue weighted by atomic mass is 32.2. The fraction of sp³-hybridized carbons (Fsp3) is 0.562. The van der Waals surface area contributed by atoms with Crippen molar-refractivity contribution in [2.24, 2.45) is 0 Å². The lowest BCUT2D eigenvalue weighted by molar-refractivity contribution is -0.138. The van der Waals surface area contributed by atoms with Crippen LogP contribution in [0.15, 0.2) is 17.0 Å². The van der Waals surface area contributed by atoms with E-state index in [0.717, 1.165) is 0 Å². The number of hydrogen-bond acceptors (Lipinski definition) is 5. The summed E-state index contributed by atoms with van der Waals surface area (Å²) in [5.74, 6) is -1.37. The molecule has 1 aromatic carbocycles. The van der Waals surface area contributed by atoms with Crippen LogP contribution in [-0.2, 0) is 19.6 Å². The number of nitrogens with zero attached hydrogens (tertiary/aromatic N) is 2. The molecule has 25 heavy (non-hydrogen) atoms. The Morgan fingerprint density at radius 3 is 2.56 bits per heavy atom. The first kappa shape index (κ1) is 19.8. The number of carboxylic acids is 1. The predicted molar refractivity (Wildman–Crippen MR) is 89.5 cm³/mol. The molecule has 0 aliphatic carbocycles. The summed E-state index contributed by atoms with van der Waals surface area (Å²) in [6, 6.07) is 2.66. The van der Waals surface area contributed by atoms with Crippen LogP contribution in [0, 0.1) is 19.7 Å². The van der Waals surface area contributed by atoms with Gasteiger partial charge in [-0.3, -0.25) is 9.69 Å². The van der Waals surface area contributed by atoms with Crippen LogP contribution < -0.4 is 0 Å². The number of rotatable bonds is 6. The molecule has 0 amide bonds. The minimum Gasteiger partial charge on any atom is -0.480 e. The molecule has 1 N–H and O–H groups in total. The molecular formula is C16H23FN2O5S. The van der Waals surface area contributed by atoms with Crippen LogP contribution in [0.2, 0.25) is 0 Å². The lowest BCUT2D eigenvalue weighted by Crippen LogP contribution is -2.49. The fourth-order valence-electron chi connectivity index (χ4n) is 2.87. The standard InChI is InChI=1S/C16H23FN2O5S/c1-11-6-14(7-12(2)16(11)17)25(22,23)19-4-5-24-13(9-19)8-18(3)10-15(20)21/h6-7,13H,4-5,8-10H2,1-3H3,(H,20,21). The summed E-state index contributed by atoms with van der Waals surface area (Å²) in [7, 11) is -2.13. The van der Waals surface area contributed by atoms with Gasteiger partial charge < -0.3 is 9.84 Å². The number of benzene rings is 1. The maximum atomic E-state index is 13.8. The van der Waals surface area contributed by atoms with Gasteiger partial charge in [0.2, 0.25) is 10.0 Å². The van der Waals surface area contributed by atoms with E-state index in [9.17, 15) is 17.6 Å². The number of aliphatic carboxylic acids is 1. The molecule has 140 valence electrons. The number of ether oxygens (including phenoxy) is 1. The third-order valence-corrected chi connectivity index (χ3v) is 5.91. The molecule has 0 aromatic heterocycles. The predicted octanol–water partition coefficient (Wildman–Crippen LogP) is 0.848. The summed E-state index contributed by atoms with van der Waals surface area (Å²) in [5.41, 5.74) is 0.564. The zero-order valence-electron chi connectivity index (χ0n) is 14.5. The van der Waals surface area contributed by atoms with Gasteiger partial charge in [0.1, 0.15) is 5.82 Å². The maximum Gasteiger partial charge on any atom is 0.317 e. The Kier molecular flexibility index (Phi) is 6.15. The van der Waals surface area contributed by atoms with Gasteiger partial charge in [-0.15, -0.1) is 0 Å². The van der Waals surface area contributed by atoms with E-state index in [1.165, 1.54) is 30.3 Å². The van der Waals surface area contributed by atoms with Crippen molar-refractivity contribution >= 4 is 16.0 Å². The van der Waals surface area contributed by atoms with Crippen molar-refractivity contribution in [3.8, 4) is 0 Å². The van der Waals surface area contributed by atoms with E-state index in [4.69, 9.17) is 9.84 Å². The quantitative estimate of drug-likeness (QED) is 0.794. The molecule has 1 aliphatic heterocycles. The lowest BCUT2D eigenvalue weighted by Gasteiger charge is -2.34. The Bertz CT molecular complexity index is 730. The number of likely N-dealkylation sites (N-methyl/N-ethyl adjacent to an activating group) is 1. The van der Waals surface area contributed by atoms with Crippen molar-refractivity contribution in [1.82, 2.24) is 9.21 Å². The summed E-state index contributed by atoms with van der Waals surface area (Å²) >= 11 is 0. The van der Waals surface area contributed by atoms with Gasteiger partial charge in [-0.2, -0.15) is 4.31 Å². The molecule has 0 bridgehead atoms. The summed E-state index contributed by atoms with van der Waals surface area (Å²) in [4.78, 5) is 12.4. The number of hydrogen-bond donors (Lipinski definition) is 1. The summed E-state index contributed by atoms with van der Waals surface area (Å²) in [6.45, 7) is 3.78. The number of carboxylic acid groups (broad SMARTS) is 1. The number of aryl methyl sites for hydroxylation is 2. The van der Waals surface area contributed by atoms with E-state index in [2.05, 4.69) is 0 Å². The highest BCUT2D eigenvalue weighted by Gasteiger charge is 2.32. The molecule has 1 unspecified atom stereocenters. The SMILES string of the molecule is Cc1cc(S(=O)(=O)N2CCOC(CN(C)CC(=O)O)C2)cc(C)c1F. The number of morpholine rings is 1.